The molecule has 0 saturated heterocycles. The fourth-order valence-corrected chi connectivity index (χ4v) is 4.35. The minimum absolute atomic E-state index is 0.00933. The lowest BCUT2D eigenvalue weighted by Gasteiger charge is -2.30. The van der Waals surface area contributed by atoms with Crippen molar-refractivity contribution in [3.05, 3.63) is 65.5 Å². The van der Waals surface area contributed by atoms with E-state index in [1.165, 1.54) is 0 Å². The molecule has 32 heavy (non-hydrogen) atoms. The minimum atomic E-state index is -3.39. The summed E-state index contributed by atoms with van der Waals surface area (Å²) >= 11 is 0. The Bertz CT molecular complexity index is 954. The van der Waals surface area contributed by atoms with Gasteiger partial charge in [0.15, 0.2) is 0 Å². The number of esters is 2. The molecule has 174 valence electrons. The topological polar surface area (TPSA) is 81.7 Å². The highest BCUT2D eigenvalue weighted by Crippen LogP contribution is 2.35. The first kappa shape index (κ1) is 25.5. The number of allylic oxidation sites excluding steroid dienone is 3. The Balaban J connectivity index is 2.56. The summed E-state index contributed by atoms with van der Waals surface area (Å²) in [6.07, 6.45) is 1.49. The number of benzene rings is 1. The van der Waals surface area contributed by atoms with Gasteiger partial charge in [-0.05, 0) is 32.9 Å². The predicted molar refractivity (Wildman–Crippen MR) is 117 cm³/mol. The van der Waals surface area contributed by atoms with Gasteiger partial charge in [-0.3, -0.25) is 4.21 Å². The molecule has 0 spiro atoms. The molecule has 1 heterocycles. The molecule has 1 aromatic carbocycles. The van der Waals surface area contributed by atoms with E-state index < -0.39 is 52.4 Å². The maximum atomic E-state index is 14.7. The van der Waals surface area contributed by atoms with Crippen LogP contribution in [0.1, 0.15) is 25.8 Å². The van der Waals surface area contributed by atoms with Gasteiger partial charge in [0.1, 0.15) is 5.70 Å². The molecule has 6 nitrogen and oxygen atoms in total. The smallest absolute Gasteiger partial charge is 0.355 e. The fraction of sp³-hybridized carbons (Fsp3) is 0.391. The molecule has 0 amide bonds. The molecule has 0 saturated carbocycles. The molecule has 1 aromatic rings. The molecule has 0 bridgehead atoms. The Morgan fingerprint density at radius 3 is 2.31 bits per heavy atom. The normalized spacial score (nSPS) is 17.2. The van der Waals surface area contributed by atoms with Crippen molar-refractivity contribution in [3.63, 3.8) is 0 Å². The SMILES string of the molecule is C=CCC(F)(F)C1=C[C@H](CS(=O)c2ccc(C)cc2)C(C(=O)OCC)=C(C(=O)OCC)N1. The third kappa shape index (κ3) is 6.12. The van der Waals surface area contributed by atoms with Crippen molar-refractivity contribution in [1.29, 1.82) is 0 Å². The van der Waals surface area contributed by atoms with E-state index in [-0.39, 0.29) is 24.5 Å². The van der Waals surface area contributed by atoms with Gasteiger partial charge in [0.05, 0.1) is 35.3 Å². The quantitative estimate of drug-likeness (QED) is 0.417. The van der Waals surface area contributed by atoms with Gasteiger partial charge < -0.3 is 14.8 Å². The molecule has 1 unspecified atom stereocenters. The molecular weight excluding hydrogens is 440 g/mol. The second-order valence-corrected chi connectivity index (χ2v) is 8.56. The lowest BCUT2D eigenvalue weighted by Crippen LogP contribution is -2.40. The van der Waals surface area contributed by atoms with E-state index in [0.29, 0.717) is 4.90 Å². The molecule has 0 radical (unpaired) electrons. The third-order valence-corrected chi connectivity index (χ3v) is 6.11. The first-order valence-electron chi connectivity index (χ1n) is 10.2. The first-order chi connectivity index (χ1) is 15.1. The summed E-state index contributed by atoms with van der Waals surface area (Å²) in [6, 6.07) is 6.90. The van der Waals surface area contributed by atoms with E-state index in [4.69, 9.17) is 9.47 Å². The van der Waals surface area contributed by atoms with Gasteiger partial charge in [-0.1, -0.05) is 29.8 Å². The van der Waals surface area contributed by atoms with Crippen LogP contribution in [0.15, 0.2) is 64.9 Å². The zero-order valence-corrected chi connectivity index (χ0v) is 19.1. The van der Waals surface area contributed by atoms with Crippen LogP contribution in [0.2, 0.25) is 0 Å². The van der Waals surface area contributed by atoms with Crippen LogP contribution in [-0.2, 0) is 29.9 Å². The Labute approximate surface area is 188 Å². The van der Waals surface area contributed by atoms with Gasteiger partial charge in [-0.15, -0.1) is 6.58 Å². The average molecular weight is 468 g/mol. The van der Waals surface area contributed by atoms with Crippen molar-refractivity contribution in [2.75, 3.05) is 19.0 Å². The molecular formula is C23H27F2NO5S. The predicted octanol–water partition coefficient (Wildman–Crippen LogP) is 3.80. The largest absolute Gasteiger partial charge is 0.463 e. The Hall–Kier alpha value is -2.81. The van der Waals surface area contributed by atoms with E-state index in [0.717, 1.165) is 17.7 Å². The van der Waals surface area contributed by atoms with Crippen molar-refractivity contribution in [2.45, 2.75) is 38.0 Å². The van der Waals surface area contributed by atoms with Gasteiger partial charge in [0.2, 0.25) is 0 Å². The molecule has 2 atom stereocenters. The number of carbonyl (C=O) groups is 2. The maximum Gasteiger partial charge on any atom is 0.355 e. The van der Waals surface area contributed by atoms with Crippen LogP contribution in [-0.4, -0.2) is 41.0 Å². The van der Waals surface area contributed by atoms with Crippen LogP contribution in [0.4, 0.5) is 8.78 Å². The zero-order chi connectivity index (χ0) is 23.9. The van der Waals surface area contributed by atoms with Gasteiger partial charge >= 0.3 is 11.9 Å². The maximum absolute atomic E-state index is 14.7. The van der Waals surface area contributed by atoms with Gasteiger partial charge in [-0.25, -0.2) is 9.59 Å². The monoisotopic (exact) mass is 467 g/mol. The summed E-state index contributed by atoms with van der Waals surface area (Å²) < 4.78 is 52.5. The minimum Gasteiger partial charge on any atom is -0.463 e. The summed E-state index contributed by atoms with van der Waals surface area (Å²) in [5, 5.41) is 2.37. The van der Waals surface area contributed by atoms with Crippen molar-refractivity contribution in [1.82, 2.24) is 5.32 Å². The number of hydrogen-bond donors (Lipinski definition) is 1. The van der Waals surface area contributed by atoms with E-state index >= 15 is 0 Å². The average Bonchev–Trinajstić information content (AvgIpc) is 2.73. The second-order valence-electron chi connectivity index (χ2n) is 7.06. The summed E-state index contributed by atoms with van der Waals surface area (Å²) in [4.78, 5) is 25.8. The highest BCUT2D eigenvalue weighted by atomic mass is 32.2. The number of rotatable bonds is 10. The molecule has 0 aliphatic carbocycles. The van der Waals surface area contributed by atoms with Crippen molar-refractivity contribution >= 4 is 22.7 Å². The van der Waals surface area contributed by atoms with Crippen LogP contribution in [0.25, 0.3) is 0 Å². The van der Waals surface area contributed by atoms with E-state index in [1.807, 2.05) is 6.92 Å². The number of dihydropyridines is 1. The van der Waals surface area contributed by atoms with Gasteiger partial charge in [0.25, 0.3) is 5.92 Å². The van der Waals surface area contributed by atoms with Crippen LogP contribution in [0.5, 0.6) is 0 Å². The highest BCUT2D eigenvalue weighted by Gasteiger charge is 2.41. The molecule has 2 rings (SSSR count). The number of aryl methyl sites for hydroxylation is 1. The third-order valence-electron chi connectivity index (χ3n) is 4.65. The Kier molecular flexibility index (Phi) is 8.89. The highest BCUT2D eigenvalue weighted by molar-refractivity contribution is 7.85. The van der Waals surface area contributed by atoms with Crippen LogP contribution >= 0.6 is 0 Å². The summed E-state index contributed by atoms with van der Waals surface area (Å²) in [6.45, 7) is 8.34. The zero-order valence-electron chi connectivity index (χ0n) is 18.3. The van der Waals surface area contributed by atoms with E-state index in [9.17, 15) is 22.6 Å². The molecule has 1 aliphatic heterocycles. The number of halogens is 2. The number of ether oxygens (including phenoxy) is 2. The lowest BCUT2D eigenvalue weighted by molar-refractivity contribution is -0.142. The van der Waals surface area contributed by atoms with Crippen molar-refractivity contribution < 1.29 is 32.1 Å². The van der Waals surface area contributed by atoms with Gasteiger partial charge in [0, 0.05) is 23.0 Å². The van der Waals surface area contributed by atoms with Gasteiger partial charge in [-0.2, -0.15) is 8.78 Å². The molecule has 0 fully saturated rings. The van der Waals surface area contributed by atoms with Crippen LogP contribution in [0, 0.1) is 12.8 Å². The molecule has 9 heteroatoms. The fourth-order valence-electron chi connectivity index (χ4n) is 3.13. The standard InChI is InChI=1S/C23H27F2NO5S/c1-5-12-23(24,25)18-13-16(14-32(29)17-10-8-15(4)9-11-17)19(21(27)30-6-2)20(26-18)22(28)31-7-3/h5,8-11,13,16,26H,1,6-7,12,14H2,2-4H3/t16-,32?/m1/s1. The number of nitrogens with one attached hydrogen (secondary N) is 1. The number of carbonyl (C=O) groups excluding carboxylic acids is 2. The van der Waals surface area contributed by atoms with Crippen molar-refractivity contribution in [2.24, 2.45) is 5.92 Å². The first-order valence-corrected chi connectivity index (χ1v) is 11.5. The van der Waals surface area contributed by atoms with E-state index in [2.05, 4.69) is 11.9 Å². The van der Waals surface area contributed by atoms with Crippen molar-refractivity contribution in [3.8, 4) is 0 Å². The van der Waals surface area contributed by atoms with E-state index in [1.54, 1.807) is 38.1 Å². The Morgan fingerprint density at radius 2 is 1.75 bits per heavy atom. The number of alkyl halides is 2. The molecule has 0 aromatic heterocycles. The Morgan fingerprint density at radius 1 is 1.16 bits per heavy atom. The summed E-state index contributed by atoms with van der Waals surface area (Å²) in [5.74, 6) is -6.49. The molecule has 1 aliphatic rings. The lowest BCUT2D eigenvalue weighted by atomic mass is 9.92. The second kappa shape index (κ2) is 11.2. The summed E-state index contributed by atoms with van der Waals surface area (Å²) in [7, 11) is -1.64. The van der Waals surface area contributed by atoms with Crippen LogP contribution in [0.3, 0.4) is 0 Å². The van der Waals surface area contributed by atoms with Crippen LogP contribution < -0.4 is 5.32 Å². The summed E-state index contributed by atoms with van der Waals surface area (Å²) in [5.41, 5.74) is -0.240. The molecule has 1 N–H and O–H groups in total. The number of hydrogen-bond acceptors (Lipinski definition) is 6.